The molecule has 0 fully saturated rings. The predicted molar refractivity (Wildman–Crippen MR) is 81.0 cm³/mol. The van der Waals surface area contributed by atoms with Crippen LogP contribution in [0.1, 0.15) is 5.69 Å². The van der Waals surface area contributed by atoms with Crippen LogP contribution in [0.25, 0.3) is 10.8 Å². The lowest BCUT2D eigenvalue weighted by molar-refractivity contribution is 0.430. The van der Waals surface area contributed by atoms with Crippen molar-refractivity contribution in [3.63, 3.8) is 0 Å². The Morgan fingerprint density at radius 3 is 2.67 bits per heavy atom. The van der Waals surface area contributed by atoms with E-state index in [1.54, 1.807) is 18.2 Å². The van der Waals surface area contributed by atoms with Gasteiger partial charge in [-0.15, -0.1) is 0 Å². The predicted octanol–water partition coefficient (Wildman–Crippen LogP) is 3.89. The fraction of sp³-hybridized carbons (Fsp3) is 0.118. The largest absolute Gasteiger partial charge is 0.435 e. The average Bonchev–Trinajstić information content (AvgIpc) is 2.50. The minimum atomic E-state index is -0.401. The molecule has 1 N–H and O–H groups in total. The first-order valence-electron chi connectivity index (χ1n) is 6.73. The van der Waals surface area contributed by atoms with E-state index in [-0.39, 0.29) is 5.75 Å². The lowest BCUT2D eigenvalue weighted by Crippen LogP contribution is -2.07. The van der Waals surface area contributed by atoms with Crippen molar-refractivity contribution in [2.45, 2.75) is 6.54 Å². The molecule has 3 aromatic rings. The SMILES string of the molecule is CNCc1cc2ccccc2c(Oc2ccccc2F)n1. The number of halogens is 1. The molecule has 0 aliphatic heterocycles. The average molecular weight is 282 g/mol. The quantitative estimate of drug-likeness (QED) is 0.788. The summed E-state index contributed by atoms with van der Waals surface area (Å²) < 4.78 is 19.5. The van der Waals surface area contributed by atoms with Gasteiger partial charge in [-0.25, -0.2) is 9.37 Å². The third kappa shape index (κ3) is 2.85. The van der Waals surface area contributed by atoms with E-state index in [9.17, 15) is 4.39 Å². The molecule has 0 aliphatic rings. The van der Waals surface area contributed by atoms with E-state index in [1.807, 2.05) is 37.4 Å². The molecule has 0 bridgehead atoms. The Hall–Kier alpha value is -2.46. The highest BCUT2D eigenvalue weighted by molar-refractivity contribution is 5.87. The molecule has 1 aromatic heterocycles. The monoisotopic (exact) mass is 282 g/mol. The van der Waals surface area contributed by atoms with Crippen LogP contribution < -0.4 is 10.1 Å². The molecule has 0 aliphatic carbocycles. The van der Waals surface area contributed by atoms with Gasteiger partial charge in [-0.1, -0.05) is 30.3 Å². The maximum absolute atomic E-state index is 13.8. The molecule has 21 heavy (non-hydrogen) atoms. The zero-order valence-electron chi connectivity index (χ0n) is 11.6. The molecule has 2 aromatic carbocycles. The topological polar surface area (TPSA) is 34.1 Å². The second-order valence-electron chi connectivity index (χ2n) is 4.70. The fourth-order valence-corrected chi connectivity index (χ4v) is 2.20. The Bertz CT molecular complexity index is 774. The summed E-state index contributed by atoms with van der Waals surface area (Å²) in [7, 11) is 1.86. The van der Waals surface area contributed by atoms with E-state index in [1.165, 1.54) is 6.07 Å². The van der Waals surface area contributed by atoms with Gasteiger partial charge in [0.2, 0.25) is 5.88 Å². The summed E-state index contributed by atoms with van der Waals surface area (Å²) in [6, 6.07) is 16.1. The fourth-order valence-electron chi connectivity index (χ4n) is 2.20. The molecule has 106 valence electrons. The second kappa shape index (κ2) is 5.89. The standard InChI is InChI=1S/C17H15FN2O/c1-19-11-13-10-12-6-2-3-7-14(12)17(20-13)21-16-9-5-4-8-15(16)18/h2-10,19H,11H2,1H3. The van der Waals surface area contributed by atoms with Gasteiger partial charge in [0, 0.05) is 11.9 Å². The number of ether oxygens (including phenoxy) is 1. The summed E-state index contributed by atoms with van der Waals surface area (Å²) in [6.07, 6.45) is 0. The summed E-state index contributed by atoms with van der Waals surface area (Å²) in [5, 5.41) is 4.94. The lowest BCUT2D eigenvalue weighted by Gasteiger charge is -2.11. The van der Waals surface area contributed by atoms with Gasteiger partial charge in [-0.2, -0.15) is 0 Å². The van der Waals surface area contributed by atoms with Crippen LogP contribution in [0.4, 0.5) is 4.39 Å². The molecular formula is C17H15FN2O. The van der Waals surface area contributed by atoms with Crippen molar-refractivity contribution in [2.75, 3.05) is 7.05 Å². The van der Waals surface area contributed by atoms with Gasteiger partial charge in [-0.05, 0) is 36.7 Å². The number of rotatable bonds is 4. The molecule has 1 heterocycles. The normalized spacial score (nSPS) is 10.8. The maximum Gasteiger partial charge on any atom is 0.227 e. The highest BCUT2D eigenvalue weighted by Gasteiger charge is 2.10. The van der Waals surface area contributed by atoms with Crippen molar-refractivity contribution < 1.29 is 9.13 Å². The van der Waals surface area contributed by atoms with Crippen LogP contribution in [0.15, 0.2) is 54.6 Å². The Kier molecular flexibility index (Phi) is 3.79. The molecule has 0 amide bonds. The number of hydrogen-bond donors (Lipinski definition) is 1. The number of fused-ring (bicyclic) bond motifs is 1. The van der Waals surface area contributed by atoms with Gasteiger partial charge in [0.25, 0.3) is 0 Å². The Morgan fingerprint density at radius 1 is 1.10 bits per heavy atom. The Balaban J connectivity index is 2.09. The molecule has 4 heteroatoms. The third-order valence-corrected chi connectivity index (χ3v) is 3.16. The number of benzene rings is 2. The molecule has 3 nitrogen and oxygen atoms in total. The maximum atomic E-state index is 13.8. The van der Waals surface area contributed by atoms with Crippen molar-refractivity contribution in [3.05, 3.63) is 66.1 Å². The number of para-hydroxylation sites is 1. The van der Waals surface area contributed by atoms with Gasteiger partial charge in [-0.3, -0.25) is 0 Å². The minimum Gasteiger partial charge on any atom is -0.435 e. The van der Waals surface area contributed by atoms with Crippen molar-refractivity contribution in [1.29, 1.82) is 0 Å². The Morgan fingerprint density at radius 2 is 1.86 bits per heavy atom. The number of nitrogens with zero attached hydrogens (tertiary/aromatic N) is 1. The van der Waals surface area contributed by atoms with Crippen LogP contribution in [-0.2, 0) is 6.54 Å². The first kappa shape index (κ1) is 13.5. The zero-order valence-corrected chi connectivity index (χ0v) is 11.6. The zero-order chi connectivity index (χ0) is 14.7. The van der Waals surface area contributed by atoms with Gasteiger partial charge >= 0.3 is 0 Å². The smallest absolute Gasteiger partial charge is 0.227 e. The van der Waals surface area contributed by atoms with Crippen molar-refractivity contribution in [2.24, 2.45) is 0 Å². The van der Waals surface area contributed by atoms with Gasteiger partial charge in [0.05, 0.1) is 5.69 Å². The van der Waals surface area contributed by atoms with E-state index < -0.39 is 5.82 Å². The van der Waals surface area contributed by atoms with E-state index in [2.05, 4.69) is 10.3 Å². The van der Waals surface area contributed by atoms with Crippen molar-refractivity contribution in [1.82, 2.24) is 10.3 Å². The number of nitrogens with one attached hydrogen (secondary N) is 1. The summed E-state index contributed by atoms with van der Waals surface area (Å²) in [4.78, 5) is 4.48. The van der Waals surface area contributed by atoms with E-state index >= 15 is 0 Å². The number of pyridine rings is 1. The van der Waals surface area contributed by atoms with E-state index in [0.717, 1.165) is 16.5 Å². The van der Waals surface area contributed by atoms with Gasteiger partial charge in [0.15, 0.2) is 11.6 Å². The van der Waals surface area contributed by atoms with Crippen LogP contribution in [0.2, 0.25) is 0 Å². The second-order valence-corrected chi connectivity index (χ2v) is 4.70. The lowest BCUT2D eigenvalue weighted by atomic mass is 10.1. The van der Waals surface area contributed by atoms with Crippen molar-refractivity contribution in [3.8, 4) is 11.6 Å². The molecule has 0 saturated carbocycles. The van der Waals surface area contributed by atoms with Crippen LogP contribution in [0, 0.1) is 5.82 Å². The summed E-state index contributed by atoms with van der Waals surface area (Å²) in [6.45, 7) is 0.623. The minimum absolute atomic E-state index is 0.178. The van der Waals surface area contributed by atoms with E-state index in [4.69, 9.17) is 4.74 Å². The molecule has 0 spiro atoms. The summed E-state index contributed by atoms with van der Waals surface area (Å²) in [5.74, 6) is 0.197. The molecule has 0 saturated heterocycles. The molecule has 0 unspecified atom stereocenters. The first-order chi connectivity index (χ1) is 10.3. The van der Waals surface area contributed by atoms with Gasteiger partial charge in [0.1, 0.15) is 0 Å². The number of aromatic nitrogens is 1. The molecular weight excluding hydrogens is 267 g/mol. The number of hydrogen-bond acceptors (Lipinski definition) is 3. The van der Waals surface area contributed by atoms with Crippen LogP contribution in [0.3, 0.4) is 0 Å². The highest BCUT2D eigenvalue weighted by Crippen LogP contribution is 2.30. The van der Waals surface area contributed by atoms with Crippen LogP contribution in [-0.4, -0.2) is 12.0 Å². The first-order valence-corrected chi connectivity index (χ1v) is 6.73. The van der Waals surface area contributed by atoms with Crippen LogP contribution >= 0.6 is 0 Å². The third-order valence-electron chi connectivity index (χ3n) is 3.16. The molecule has 0 radical (unpaired) electrons. The van der Waals surface area contributed by atoms with E-state index in [0.29, 0.717) is 12.4 Å². The summed E-state index contributed by atoms with van der Waals surface area (Å²) in [5.41, 5.74) is 0.850. The molecule has 0 atom stereocenters. The van der Waals surface area contributed by atoms with Gasteiger partial charge < -0.3 is 10.1 Å². The highest BCUT2D eigenvalue weighted by atomic mass is 19.1. The Labute approximate surface area is 122 Å². The molecule has 3 rings (SSSR count). The van der Waals surface area contributed by atoms with Crippen LogP contribution in [0.5, 0.6) is 11.6 Å². The van der Waals surface area contributed by atoms with Crippen molar-refractivity contribution >= 4 is 10.8 Å². The summed E-state index contributed by atoms with van der Waals surface area (Å²) >= 11 is 0.